The summed E-state index contributed by atoms with van der Waals surface area (Å²) in [6.07, 6.45) is 12.8. The summed E-state index contributed by atoms with van der Waals surface area (Å²) in [5.41, 5.74) is 3.20. The smallest absolute Gasteiger partial charge is 0.324 e. The normalized spacial score (nSPS) is 21.1. The molecular weight excluding hydrogens is 454 g/mol. The van der Waals surface area contributed by atoms with E-state index in [9.17, 15) is 14.4 Å². The van der Waals surface area contributed by atoms with E-state index in [1.54, 1.807) is 0 Å². The van der Waals surface area contributed by atoms with Gasteiger partial charge in [-0.15, -0.1) is 0 Å². The van der Waals surface area contributed by atoms with Crippen molar-refractivity contribution >= 4 is 28.8 Å². The molecule has 1 atom stereocenters. The molecule has 2 saturated carbocycles. The van der Waals surface area contributed by atoms with Gasteiger partial charge in [-0.25, -0.2) is 4.79 Å². The number of para-hydroxylation sites is 1. The number of rotatable bonds is 5. The Kier molecular flexibility index (Phi) is 7.63. The molecule has 0 radical (unpaired) electrons. The highest BCUT2D eigenvalue weighted by Crippen LogP contribution is 2.38. The third-order valence-electron chi connectivity index (χ3n) is 8.35. The van der Waals surface area contributed by atoms with Crippen LogP contribution in [-0.4, -0.2) is 46.5 Å². The number of benzene rings is 1. The van der Waals surface area contributed by atoms with Crippen LogP contribution in [0.4, 0.5) is 4.79 Å². The molecule has 0 saturated heterocycles. The van der Waals surface area contributed by atoms with Gasteiger partial charge in [0.2, 0.25) is 0 Å². The number of esters is 1. The molecule has 3 aliphatic carbocycles. The summed E-state index contributed by atoms with van der Waals surface area (Å²) in [4.78, 5) is 45.4. The van der Waals surface area contributed by atoms with E-state index in [0.717, 1.165) is 99.2 Å². The summed E-state index contributed by atoms with van der Waals surface area (Å²) in [5, 5.41) is 4.17. The van der Waals surface area contributed by atoms with Crippen LogP contribution >= 0.6 is 0 Å². The number of nitrogens with zero attached hydrogens (tertiary/aromatic N) is 1. The zero-order valence-corrected chi connectivity index (χ0v) is 21.4. The maximum Gasteiger partial charge on any atom is 0.324 e. The number of carbonyl (C=O) groups is 3. The molecule has 2 aromatic rings. The number of hydrogen-bond acceptors (Lipinski definition) is 4. The molecule has 2 N–H and O–H groups in total. The Labute approximate surface area is 213 Å². The lowest BCUT2D eigenvalue weighted by molar-refractivity contribution is -0.145. The molecule has 1 heterocycles. The predicted molar refractivity (Wildman–Crippen MR) is 139 cm³/mol. The van der Waals surface area contributed by atoms with Crippen LogP contribution < -0.4 is 5.32 Å². The Morgan fingerprint density at radius 3 is 2.42 bits per heavy atom. The van der Waals surface area contributed by atoms with E-state index < -0.39 is 0 Å². The monoisotopic (exact) mass is 493 g/mol. The molecule has 5 rings (SSSR count). The number of carbonyl (C=O) groups excluding carboxylic acids is 3. The fraction of sp³-hybridized carbons (Fsp3) is 0.621. The van der Waals surface area contributed by atoms with Crippen LogP contribution in [0.3, 0.4) is 0 Å². The number of aromatic amines is 1. The predicted octanol–water partition coefficient (Wildman–Crippen LogP) is 5.97. The second-order valence-corrected chi connectivity index (χ2v) is 10.7. The summed E-state index contributed by atoms with van der Waals surface area (Å²) < 4.78 is 5.35. The molecule has 1 unspecified atom stereocenters. The average molecular weight is 494 g/mol. The molecule has 7 nitrogen and oxygen atoms in total. The Morgan fingerprint density at radius 1 is 0.972 bits per heavy atom. The van der Waals surface area contributed by atoms with E-state index in [-0.39, 0.29) is 35.9 Å². The van der Waals surface area contributed by atoms with E-state index in [2.05, 4.69) is 10.3 Å². The van der Waals surface area contributed by atoms with Gasteiger partial charge < -0.3 is 15.0 Å². The molecule has 194 valence electrons. The Hall–Kier alpha value is -2.83. The molecule has 36 heavy (non-hydrogen) atoms. The first-order chi connectivity index (χ1) is 17.6. The number of urea groups is 1. The number of aromatic nitrogens is 1. The van der Waals surface area contributed by atoms with Gasteiger partial charge >= 0.3 is 12.0 Å². The fourth-order valence-electron chi connectivity index (χ4n) is 6.53. The van der Waals surface area contributed by atoms with E-state index in [4.69, 9.17) is 4.74 Å². The number of aryl methyl sites for hydroxylation is 1. The minimum Gasteiger partial charge on any atom is -0.465 e. The minimum atomic E-state index is -0.340. The SMILES string of the molecule is CCOC(=O)C1CCCc2c1[nH]c1c(C(=O)N(C(=O)NC3CCCCC3)C3CCCCC3)cccc21. The van der Waals surface area contributed by atoms with Crippen molar-refractivity contribution in [2.75, 3.05) is 6.61 Å². The molecule has 3 amide bonds. The van der Waals surface area contributed by atoms with E-state index in [1.165, 1.54) is 11.3 Å². The maximum atomic E-state index is 14.1. The lowest BCUT2D eigenvalue weighted by Gasteiger charge is -2.34. The van der Waals surface area contributed by atoms with Crippen molar-refractivity contribution in [3.05, 3.63) is 35.0 Å². The Balaban J connectivity index is 1.49. The average Bonchev–Trinajstić information content (AvgIpc) is 3.29. The van der Waals surface area contributed by atoms with Crippen molar-refractivity contribution in [1.82, 2.24) is 15.2 Å². The molecule has 1 aromatic carbocycles. The highest BCUT2D eigenvalue weighted by atomic mass is 16.5. The lowest BCUT2D eigenvalue weighted by atomic mass is 9.86. The van der Waals surface area contributed by atoms with Crippen LogP contribution in [-0.2, 0) is 16.0 Å². The topological polar surface area (TPSA) is 91.5 Å². The highest BCUT2D eigenvalue weighted by molar-refractivity contribution is 6.12. The van der Waals surface area contributed by atoms with Crippen LogP contribution in [0.25, 0.3) is 10.9 Å². The number of nitrogens with one attached hydrogen (secondary N) is 2. The summed E-state index contributed by atoms with van der Waals surface area (Å²) in [7, 11) is 0. The highest BCUT2D eigenvalue weighted by Gasteiger charge is 2.36. The summed E-state index contributed by atoms with van der Waals surface area (Å²) in [5.74, 6) is -0.797. The summed E-state index contributed by atoms with van der Waals surface area (Å²) in [6, 6.07) is 5.54. The maximum absolute atomic E-state index is 14.1. The van der Waals surface area contributed by atoms with Crippen LogP contribution in [0.5, 0.6) is 0 Å². The van der Waals surface area contributed by atoms with Gasteiger partial charge in [0, 0.05) is 23.2 Å². The van der Waals surface area contributed by atoms with Crippen molar-refractivity contribution in [3.8, 4) is 0 Å². The number of imide groups is 1. The second-order valence-electron chi connectivity index (χ2n) is 10.7. The van der Waals surface area contributed by atoms with Crippen LogP contribution in [0.1, 0.15) is 112 Å². The first-order valence-electron chi connectivity index (χ1n) is 14.0. The third kappa shape index (κ3) is 4.89. The van der Waals surface area contributed by atoms with Gasteiger partial charge in [-0.05, 0) is 63.5 Å². The molecule has 2 fully saturated rings. The Morgan fingerprint density at radius 2 is 1.69 bits per heavy atom. The van der Waals surface area contributed by atoms with Gasteiger partial charge in [-0.3, -0.25) is 14.5 Å². The molecule has 3 aliphatic rings. The molecule has 0 spiro atoms. The molecule has 7 heteroatoms. The van der Waals surface area contributed by atoms with Crippen molar-refractivity contribution in [1.29, 1.82) is 0 Å². The third-order valence-corrected chi connectivity index (χ3v) is 8.35. The van der Waals surface area contributed by atoms with Crippen molar-refractivity contribution < 1.29 is 19.1 Å². The zero-order chi connectivity index (χ0) is 25.1. The fourth-order valence-corrected chi connectivity index (χ4v) is 6.53. The standard InChI is InChI=1S/C29H39N3O4/c1-2-36-28(34)24-18-10-16-22-21-15-9-17-23(25(21)31-26(22)24)27(33)32(20-13-7-4-8-14-20)29(35)30-19-11-5-3-6-12-19/h9,15,17,19-20,24,31H,2-8,10-14,16,18H2,1H3,(H,30,35). The number of ether oxygens (including phenoxy) is 1. The van der Waals surface area contributed by atoms with Crippen LogP contribution in [0, 0.1) is 0 Å². The molecular formula is C29H39N3O4. The minimum absolute atomic E-state index is 0.0815. The Bertz CT molecular complexity index is 1110. The lowest BCUT2D eigenvalue weighted by Crippen LogP contribution is -2.52. The second kappa shape index (κ2) is 11.1. The molecule has 1 aromatic heterocycles. The first kappa shape index (κ1) is 24.8. The summed E-state index contributed by atoms with van der Waals surface area (Å²) in [6.45, 7) is 2.17. The van der Waals surface area contributed by atoms with Crippen molar-refractivity contribution in [3.63, 3.8) is 0 Å². The molecule has 0 bridgehead atoms. The van der Waals surface area contributed by atoms with Gasteiger partial charge in [-0.1, -0.05) is 50.7 Å². The largest absolute Gasteiger partial charge is 0.465 e. The number of hydrogen-bond donors (Lipinski definition) is 2. The van der Waals surface area contributed by atoms with Crippen LogP contribution in [0.15, 0.2) is 18.2 Å². The van der Waals surface area contributed by atoms with Gasteiger partial charge in [0.05, 0.1) is 23.6 Å². The van der Waals surface area contributed by atoms with E-state index >= 15 is 0 Å². The number of amides is 3. The number of fused-ring (bicyclic) bond motifs is 3. The zero-order valence-electron chi connectivity index (χ0n) is 21.4. The van der Waals surface area contributed by atoms with E-state index in [1.807, 2.05) is 25.1 Å². The van der Waals surface area contributed by atoms with Gasteiger partial charge in [0.25, 0.3) is 5.91 Å². The van der Waals surface area contributed by atoms with Crippen molar-refractivity contribution in [2.45, 2.75) is 108 Å². The van der Waals surface area contributed by atoms with Gasteiger partial charge in [0.1, 0.15) is 0 Å². The van der Waals surface area contributed by atoms with Gasteiger partial charge in [-0.2, -0.15) is 0 Å². The quantitative estimate of drug-likeness (QED) is 0.502. The van der Waals surface area contributed by atoms with Crippen molar-refractivity contribution in [2.24, 2.45) is 0 Å². The van der Waals surface area contributed by atoms with Crippen LogP contribution in [0.2, 0.25) is 0 Å². The summed E-state index contributed by atoms with van der Waals surface area (Å²) >= 11 is 0. The van der Waals surface area contributed by atoms with Gasteiger partial charge in [0.15, 0.2) is 0 Å². The van der Waals surface area contributed by atoms with E-state index in [0.29, 0.717) is 12.2 Å². The number of H-pyrrole nitrogens is 1. The first-order valence-corrected chi connectivity index (χ1v) is 14.0. The molecule has 0 aliphatic heterocycles.